The van der Waals surface area contributed by atoms with E-state index in [1.54, 1.807) is 0 Å². The summed E-state index contributed by atoms with van der Waals surface area (Å²) < 4.78 is 5.32. The van der Waals surface area contributed by atoms with Crippen molar-refractivity contribution in [3.8, 4) is 0 Å². The molecule has 0 spiro atoms. The molecule has 4 unspecified atom stereocenters. The number of fused-ring (bicyclic) bond motifs is 1. The topological polar surface area (TPSA) is 53.0 Å². The first-order valence-corrected chi connectivity index (χ1v) is 4.22. The minimum atomic E-state index is 0.192. The van der Waals surface area contributed by atoms with E-state index in [-0.39, 0.29) is 25.0 Å². The lowest BCUT2D eigenvalue weighted by atomic mass is 9.80. The SMILES string of the molecule is OCC1CC2OC2CC1CO. The maximum atomic E-state index is 8.96. The zero-order valence-corrected chi connectivity index (χ0v) is 6.44. The largest absolute Gasteiger partial charge is 0.396 e. The third-order valence-electron chi connectivity index (χ3n) is 2.89. The van der Waals surface area contributed by atoms with Crippen molar-refractivity contribution < 1.29 is 14.9 Å². The highest BCUT2D eigenvalue weighted by atomic mass is 16.6. The first-order valence-electron chi connectivity index (χ1n) is 4.22. The van der Waals surface area contributed by atoms with Gasteiger partial charge in [0.1, 0.15) is 0 Å². The van der Waals surface area contributed by atoms with Gasteiger partial charge in [-0.25, -0.2) is 0 Å². The molecule has 2 rings (SSSR count). The van der Waals surface area contributed by atoms with Gasteiger partial charge < -0.3 is 14.9 Å². The van der Waals surface area contributed by atoms with Crippen molar-refractivity contribution in [2.75, 3.05) is 13.2 Å². The number of epoxide rings is 1. The Morgan fingerprint density at radius 3 is 1.82 bits per heavy atom. The van der Waals surface area contributed by atoms with Crippen molar-refractivity contribution in [2.24, 2.45) is 11.8 Å². The van der Waals surface area contributed by atoms with E-state index in [0.717, 1.165) is 12.8 Å². The van der Waals surface area contributed by atoms with Gasteiger partial charge in [-0.1, -0.05) is 0 Å². The van der Waals surface area contributed by atoms with Crippen molar-refractivity contribution >= 4 is 0 Å². The number of aliphatic hydroxyl groups is 2. The Labute approximate surface area is 66.0 Å². The fourth-order valence-electron chi connectivity index (χ4n) is 2.02. The summed E-state index contributed by atoms with van der Waals surface area (Å²) in [6.45, 7) is 0.385. The molecule has 0 aromatic carbocycles. The summed E-state index contributed by atoms with van der Waals surface area (Å²) in [6.07, 6.45) is 2.67. The van der Waals surface area contributed by atoms with Gasteiger partial charge in [0.25, 0.3) is 0 Å². The molecule has 1 aliphatic carbocycles. The molecule has 2 N–H and O–H groups in total. The van der Waals surface area contributed by atoms with Gasteiger partial charge >= 0.3 is 0 Å². The highest BCUT2D eigenvalue weighted by Gasteiger charge is 2.47. The number of rotatable bonds is 2. The fraction of sp³-hybridized carbons (Fsp3) is 1.00. The van der Waals surface area contributed by atoms with Gasteiger partial charge in [-0.15, -0.1) is 0 Å². The number of ether oxygens (including phenoxy) is 1. The zero-order chi connectivity index (χ0) is 7.84. The summed E-state index contributed by atoms with van der Waals surface area (Å²) >= 11 is 0. The van der Waals surface area contributed by atoms with Gasteiger partial charge in [0.05, 0.1) is 12.2 Å². The van der Waals surface area contributed by atoms with Gasteiger partial charge in [-0.3, -0.25) is 0 Å². The quantitative estimate of drug-likeness (QED) is 0.545. The Kier molecular flexibility index (Phi) is 1.87. The number of hydrogen-bond donors (Lipinski definition) is 2. The summed E-state index contributed by atoms with van der Waals surface area (Å²) in [4.78, 5) is 0. The first kappa shape index (κ1) is 7.53. The van der Waals surface area contributed by atoms with Gasteiger partial charge in [0.2, 0.25) is 0 Å². The van der Waals surface area contributed by atoms with Crippen LogP contribution < -0.4 is 0 Å². The maximum absolute atomic E-state index is 8.96. The zero-order valence-electron chi connectivity index (χ0n) is 6.44. The molecule has 1 saturated heterocycles. The lowest BCUT2D eigenvalue weighted by Gasteiger charge is -2.25. The predicted octanol–water partition coefficient (Wildman–Crippen LogP) is -0.235. The van der Waals surface area contributed by atoms with Crippen LogP contribution in [-0.4, -0.2) is 35.6 Å². The highest BCUT2D eigenvalue weighted by Crippen LogP contribution is 2.42. The molecular weight excluding hydrogens is 144 g/mol. The van der Waals surface area contributed by atoms with Gasteiger partial charge in [0.15, 0.2) is 0 Å². The molecule has 64 valence electrons. The molecule has 0 bridgehead atoms. The van der Waals surface area contributed by atoms with Crippen LogP contribution in [0.1, 0.15) is 12.8 Å². The van der Waals surface area contributed by atoms with E-state index in [9.17, 15) is 0 Å². The molecule has 3 nitrogen and oxygen atoms in total. The first-order chi connectivity index (χ1) is 5.35. The maximum Gasteiger partial charge on any atom is 0.0845 e. The predicted molar refractivity (Wildman–Crippen MR) is 39.0 cm³/mol. The number of aliphatic hydroxyl groups excluding tert-OH is 2. The van der Waals surface area contributed by atoms with Crippen LogP contribution in [0.25, 0.3) is 0 Å². The van der Waals surface area contributed by atoms with E-state index in [2.05, 4.69) is 0 Å². The second-order valence-electron chi connectivity index (χ2n) is 3.57. The van der Waals surface area contributed by atoms with E-state index in [4.69, 9.17) is 14.9 Å². The molecule has 2 aliphatic rings. The summed E-state index contributed by atoms with van der Waals surface area (Å²) in [6, 6.07) is 0. The van der Waals surface area contributed by atoms with Crippen LogP contribution >= 0.6 is 0 Å². The molecule has 1 aliphatic heterocycles. The summed E-state index contributed by atoms with van der Waals surface area (Å²) in [5.74, 6) is 0.535. The fourth-order valence-corrected chi connectivity index (χ4v) is 2.02. The Morgan fingerprint density at radius 1 is 1.00 bits per heavy atom. The van der Waals surface area contributed by atoms with Crippen LogP contribution in [0.3, 0.4) is 0 Å². The Morgan fingerprint density at radius 2 is 1.45 bits per heavy atom. The van der Waals surface area contributed by atoms with E-state index in [1.807, 2.05) is 0 Å². The Bertz CT molecular complexity index is 132. The third kappa shape index (κ3) is 1.28. The minimum Gasteiger partial charge on any atom is -0.396 e. The third-order valence-corrected chi connectivity index (χ3v) is 2.89. The highest BCUT2D eigenvalue weighted by molar-refractivity contribution is 4.95. The van der Waals surface area contributed by atoms with Crippen LogP contribution in [0.5, 0.6) is 0 Å². The van der Waals surface area contributed by atoms with Crippen molar-refractivity contribution in [1.82, 2.24) is 0 Å². The molecule has 1 saturated carbocycles. The summed E-state index contributed by atoms with van der Waals surface area (Å²) in [7, 11) is 0. The molecule has 0 radical (unpaired) electrons. The lowest BCUT2D eigenvalue weighted by molar-refractivity contribution is 0.0970. The minimum absolute atomic E-state index is 0.192. The second kappa shape index (κ2) is 2.73. The molecule has 4 atom stereocenters. The van der Waals surface area contributed by atoms with Crippen LogP contribution in [0.15, 0.2) is 0 Å². The van der Waals surface area contributed by atoms with Crippen molar-refractivity contribution in [1.29, 1.82) is 0 Å². The van der Waals surface area contributed by atoms with E-state index in [0.29, 0.717) is 12.2 Å². The van der Waals surface area contributed by atoms with E-state index < -0.39 is 0 Å². The normalized spacial score (nSPS) is 48.5. The Balaban J connectivity index is 1.94. The molecule has 1 heterocycles. The monoisotopic (exact) mass is 158 g/mol. The molecule has 0 aromatic rings. The standard InChI is InChI=1S/C8H14O3/c9-3-5-1-7-8(11-7)2-6(5)4-10/h5-10H,1-4H2. The molecular formula is C8H14O3. The van der Waals surface area contributed by atoms with Crippen molar-refractivity contribution in [3.63, 3.8) is 0 Å². The number of hydrogen-bond acceptors (Lipinski definition) is 3. The van der Waals surface area contributed by atoms with E-state index in [1.165, 1.54) is 0 Å². The van der Waals surface area contributed by atoms with Gasteiger partial charge in [-0.2, -0.15) is 0 Å². The van der Waals surface area contributed by atoms with Crippen molar-refractivity contribution in [2.45, 2.75) is 25.0 Å². The van der Waals surface area contributed by atoms with Crippen LogP contribution in [-0.2, 0) is 4.74 Å². The van der Waals surface area contributed by atoms with E-state index >= 15 is 0 Å². The smallest absolute Gasteiger partial charge is 0.0845 e. The molecule has 3 heteroatoms. The second-order valence-corrected chi connectivity index (χ2v) is 3.57. The molecule has 0 amide bonds. The summed E-state index contributed by atoms with van der Waals surface area (Å²) in [5.41, 5.74) is 0. The molecule has 2 fully saturated rings. The van der Waals surface area contributed by atoms with Gasteiger partial charge in [0, 0.05) is 13.2 Å². The van der Waals surface area contributed by atoms with Crippen molar-refractivity contribution in [3.05, 3.63) is 0 Å². The van der Waals surface area contributed by atoms with Crippen LogP contribution in [0.4, 0.5) is 0 Å². The van der Waals surface area contributed by atoms with Gasteiger partial charge in [-0.05, 0) is 24.7 Å². The molecule has 11 heavy (non-hydrogen) atoms. The lowest BCUT2D eigenvalue weighted by Crippen LogP contribution is -2.29. The Hall–Kier alpha value is -0.120. The average Bonchev–Trinajstić information content (AvgIpc) is 2.79. The summed E-state index contributed by atoms with van der Waals surface area (Å²) in [5, 5.41) is 17.9. The van der Waals surface area contributed by atoms with Crippen LogP contribution in [0, 0.1) is 11.8 Å². The molecule has 0 aromatic heterocycles. The average molecular weight is 158 g/mol. The van der Waals surface area contributed by atoms with Crippen LogP contribution in [0.2, 0.25) is 0 Å².